The van der Waals surface area contributed by atoms with E-state index < -0.39 is 0 Å². The number of nitrogens with two attached hydrogens (primary N) is 1. The number of benzene rings is 1. The zero-order valence-corrected chi connectivity index (χ0v) is 10.9. The van der Waals surface area contributed by atoms with Gasteiger partial charge in [0.2, 0.25) is 0 Å². The summed E-state index contributed by atoms with van der Waals surface area (Å²) in [5.74, 6) is -0.126. The van der Waals surface area contributed by atoms with Gasteiger partial charge in [0.25, 0.3) is 5.91 Å². The molecule has 1 saturated carbocycles. The molecule has 4 nitrogen and oxygen atoms in total. The topological polar surface area (TPSA) is 66.6 Å². The van der Waals surface area contributed by atoms with Crippen LogP contribution in [0.4, 0.5) is 5.69 Å². The standard InChI is InChI=1S/C13H17ClN2O2/c14-12-8-9(15)4-5-11(12)13(18)16(6-7-17)10-2-1-3-10/h4-5,8,10,17H,1-3,6-7,15H2. The number of amides is 1. The minimum absolute atomic E-state index is 0.0329. The maximum absolute atomic E-state index is 12.4. The molecule has 0 atom stereocenters. The predicted molar refractivity (Wildman–Crippen MR) is 71.6 cm³/mol. The normalized spacial score (nSPS) is 15.2. The summed E-state index contributed by atoms with van der Waals surface area (Å²) in [5, 5.41) is 9.43. The van der Waals surface area contributed by atoms with E-state index >= 15 is 0 Å². The molecule has 0 unspecified atom stereocenters. The Kier molecular flexibility index (Phi) is 4.09. The zero-order chi connectivity index (χ0) is 13.1. The number of anilines is 1. The molecule has 1 amide bonds. The highest BCUT2D eigenvalue weighted by atomic mass is 35.5. The number of aliphatic hydroxyl groups excluding tert-OH is 1. The number of nitrogen functional groups attached to an aromatic ring is 1. The molecule has 0 heterocycles. The van der Waals surface area contributed by atoms with Gasteiger partial charge >= 0.3 is 0 Å². The van der Waals surface area contributed by atoms with Crippen molar-refractivity contribution in [2.24, 2.45) is 0 Å². The van der Waals surface area contributed by atoms with Gasteiger partial charge in [0.1, 0.15) is 0 Å². The minimum Gasteiger partial charge on any atom is -0.399 e. The molecule has 1 aliphatic rings. The maximum Gasteiger partial charge on any atom is 0.255 e. The molecule has 1 aliphatic carbocycles. The third kappa shape index (κ3) is 2.60. The summed E-state index contributed by atoms with van der Waals surface area (Å²) < 4.78 is 0. The van der Waals surface area contributed by atoms with Crippen molar-refractivity contribution in [1.29, 1.82) is 0 Å². The van der Waals surface area contributed by atoms with E-state index in [1.807, 2.05) is 0 Å². The number of nitrogens with zero attached hydrogens (tertiary/aromatic N) is 1. The Morgan fingerprint density at radius 1 is 1.50 bits per heavy atom. The van der Waals surface area contributed by atoms with Gasteiger partial charge in [0, 0.05) is 18.3 Å². The lowest BCUT2D eigenvalue weighted by molar-refractivity contribution is 0.0526. The van der Waals surface area contributed by atoms with E-state index in [1.165, 1.54) is 0 Å². The van der Waals surface area contributed by atoms with Gasteiger partial charge in [-0.15, -0.1) is 0 Å². The van der Waals surface area contributed by atoms with Crippen molar-refractivity contribution < 1.29 is 9.90 Å². The molecule has 98 valence electrons. The van der Waals surface area contributed by atoms with Crippen LogP contribution in [-0.4, -0.2) is 35.1 Å². The summed E-state index contributed by atoms with van der Waals surface area (Å²) in [4.78, 5) is 14.1. The Morgan fingerprint density at radius 2 is 2.22 bits per heavy atom. The first-order chi connectivity index (χ1) is 8.63. The molecule has 2 rings (SSSR count). The van der Waals surface area contributed by atoms with Crippen LogP contribution < -0.4 is 5.73 Å². The maximum atomic E-state index is 12.4. The molecule has 0 saturated heterocycles. The lowest BCUT2D eigenvalue weighted by Gasteiger charge is -2.37. The second kappa shape index (κ2) is 5.59. The summed E-state index contributed by atoms with van der Waals surface area (Å²) in [6.07, 6.45) is 3.13. The first-order valence-corrected chi connectivity index (χ1v) is 6.48. The number of carbonyl (C=O) groups is 1. The molecule has 1 aromatic carbocycles. The molecular formula is C13H17ClN2O2. The van der Waals surface area contributed by atoms with Crippen molar-refractivity contribution >= 4 is 23.2 Å². The molecule has 0 bridgehead atoms. The van der Waals surface area contributed by atoms with Crippen molar-refractivity contribution in [3.05, 3.63) is 28.8 Å². The van der Waals surface area contributed by atoms with Crippen LogP contribution in [0, 0.1) is 0 Å². The van der Waals surface area contributed by atoms with Gasteiger partial charge in [-0.1, -0.05) is 11.6 Å². The van der Waals surface area contributed by atoms with Crippen LogP contribution in [0.2, 0.25) is 5.02 Å². The second-order valence-electron chi connectivity index (χ2n) is 4.55. The van der Waals surface area contributed by atoms with Gasteiger partial charge in [-0.05, 0) is 37.5 Å². The number of halogens is 1. The highest BCUT2D eigenvalue weighted by molar-refractivity contribution is 6.34. The minimum atomic E-state index is -0.126. The lowest BCUT2D eigenvalue weighted by Crippen LogP contribution is -2.45. The fourth-order valence-electron chi connectivity index (χ4n) is 2.12. The van der Waals surface area contributed by atoms with Gasteiger partial charge < -0.3 is 15.7 Å². The van der Waals surface area contributed by atoms with Gasteiger partial charge in [0.05, 0.1) is 17.2 Å². The number of hydrogen-bond acceptors (Lipinski definition) is 3. The van der Waals surface area contributed by atoms with Crippen molar-refractivity contribution in [3.63, 3.8) is 0 Å². The van der Waals surface area contributed by atoms with E-state index in [1.54, 1.807) is 23.1 Å². The van der Waals surface area contributed by atoms with Crippen molar-refractivity contribution in [1.82, 2.24) is 4.90 Å². The van der Waals surface area contributed by atoms with Crippen LogP contribution >= 0.6 is 11.6 Å². The number of carbonyl (C=O) groups excluding carboxylic acids is 1. The van der Waals surface area contributed by atoms with Gasteiger partial charge in [-0.2, -0.15) is 0 Å². The average Bonchev–Trinajstić information content (AvgIpc) is 2.25. The molecule has 18 heavy (non-hydrogen) atoms. The highest BCUT2D eigenvalue weighted by Crippen LogP contribution is 2.28. The van der Waals surface area contributed by atoms with Crippen molar-refractivity contribution in [2.75, 3.05) is 18.9 Å². The molecule has 0 aromatic heterocycles. The van der Waals surface area contributed by atoms with Gasteiger partial charge in [-0.25, -0.2) is 0 Å². The quantitative estimate of drug-likeness (QED) is 0.820. The van der Waals surface area contributed by atoms with Crippen LogP contribution in [0.5, 0.6) is 0 Å². The Labute approximate surface area is 111 Å². The van der Waals surface area contributed by atoms with Crippen LogP contribution in [0.1, 0.15) is 29.6 Å². The number of aliphatic hydroxyl groups is 1. The summed E-state index contributed by atoms with van der Waals surface area (Å²) >= 11 is 6.04. The van der Waals surface area contributed by atoms with E-state index in [2.05, 4.69) is 0 Å². The van der Waals surface area contributed by atoms with Gasteiger partial charge in [-0.3, -0.25) is 4.79 Å². The van der Waals surface area contributed by atoms with Crippen LogP contribution in [0.3, 0.4) is 0 Å². The molecule has 5 heteroatoms. The summed E-state index contributed by atoms with van der Waals surface area (Å²) in [7, 11) is 0. The van der Waals surface area contributed by atoms with Crippen LogP contribution in [0.25, 0.3) is 0 Å². The monoisotopic (exact) mass is 268 g/mol. The van der Waals surface area contributed by atoms with Gasteiger partial charge in [0.15, 0.2) is 0 Å². The van der Waals surface area contributed by atoms with Crippen LogP contribution in [-0.2, 0) is 0 Å². The number of hydrogen-bond donors (Lipinski definition) is 2. The molecular weight excluding hydrogens is 252 g/mol. The smallest absolute Gasteiger partial charge is 0.255 e. The second-order valence-corrected chi connectivity index (χ2v) is 4.95. The molecule has 3 N–H and O–H groups in total. The Morgan fingerprint density at radius 3 is 2.72 bits per heavy atom. The summed E-state index contributed by atoms with van der Waals surface area (Å²) in [6.45, 7) is 0.318. The highest BCUT2D eigenvalue weighted by Gasteiger charge is 2.29. The molecule has 1 fully saturated rings. The summed E-state index contributed by atoms with van der Waals surface area (Å²) in [5.41, 5.74) is 6.60. The lowest BCUT2D eigenvalue weighted by atomic mass is 9.91. The van der Waals surface area contributed by atoms with Crippen molar-refractivity contribution in [3.8, 4) is 0 Å². The molecule has 1 aromatic rings. The molecule has 0 radical (unpaired) electrons. The largest absolute Gasteiger partial charge is 0.399 e. The molecule has 0 aliphatic heterocycles. The van der Waals surface area contributed by atoms with Crippen LogP contribution in [0.15, 0.2) is 18.2 Å². The first-order valence-electron chi connectivity index (χ1n) is 6.10. The Bertz CT molecular complexity index is 447. The van der Waals surface area contributed by atoms with E-state index in [4.69, 9.17) is 22.4 Å². The zero-order valence-electron chi connectivity index (χ0n) is 10.1. The first kappa shape index (κ1) is 13.2. The predicted octanol–water partition coefficient (Wildman–Crippen LogP) is 1.91. The van der Waals surface area contributed by atoms with E-state index in [-0.39, 0.29) is 18.6 Å². The Balaban J connectivity index is 2.21. The fourth-order valence-corrected chi connectivity index (χ4v) is 2.39. The van der Waals surface area contributed by atoms with E-state index in [0.717, 1.165) is 19.3 Å². The SMILES string of the molecule is Nc1ccc(C(=O)N(CCO)C2CCC2)c(Cl)c1. The van der Waals surface area contributed by atoms with E-state index in [0.29, 0.717) is 22.8 Å². The summed E-state index contributed by atoms with van der Waals surface area (Å²) in [6, 6.07) is 5.12. The molecule has 0 spiro atoms. The number of rotatable bonds is 4. The fraction of sp³-hybridized carbons (Fsp3) is 0.462. The third-order valence-electron chi connectivity index (χ3n) is 3.34. The van der Waals surface area contributed by atoms with Crippen molar-refractivity contribution in [2.45, 2.75) is 25.3 Å². The third-order valence-corrected chi connectivity index (χ3v) is 3.65. The van der Waals surface area contributed by atoms with E-state index in [9.17, 15) is 4.79 Å². The Hall–Kier alpha value is -1.26. The average molecular weight is 269 g/mol.